The highest BCUT2D eigenvalue weighted by Crippen LogP contribution is 2.43. The first kappa shape index (κ1) is 20.7. The number of alkyl halides is 3. The second kappa shape index (κ2) is 7.92. The van der Waals surface area contributed by atoms with Crippen molar-refractivity contribution in [3.63, 3.8) is 0 Å². The smallest absolute Gasteiger partial charge is 0.429 e. The summed E-state index contributed by atoms with van der Waals surface area (Å²) in [5, 5.41) is 3.03. The average Bonchev–Trinajstić information content (AvgIpc) is 2.73. The van der Waals surface area contributed by atoms with Crippen LogP contribution >= 0.6 is 22.6 Å². The number of fused-ring (bicyclic) bond motifs is 1. The van der Waals surface area contributed by atoms with Gasteiger partial charge in [0.1, 0.15) is 5.75 Å². The van der Waals surface area contributed by atoms with Crippen molar-refractivity contribution in [1.29, 1.82) is 0 Å². The molecule has 154 valence electrons. The molecule has 3 aromatic rings. The topological polar surface area (TPSA) is 59.6 Å². The van der Waals surface area contributed by atoms with Crippen molar-refractivity contribution >= 4 is 34.6 Å². The highest BCUT2D eigenvalue weighted by atomic mass is 127. The van der Waals surface area contributed by atoms with Crippen LogP contribution in [0.4, 0.5) is 18.9 Å². The third-order valence-corrected chi connectivity index (χ3v) is 5.49. The Kier molecular flexibility index (Phi) is 5.46. The van der Waals surface area contributed by atoms with Crippen molar-refractivity contribution in [2.75, 3.05) is 5.32 Å². The molecule has 3 N–H and O–H groups in total. The number of aliphatic imine (C=N–C) groups is 1. The molecule has 0 aromatic heterocycles. The Bertz CT molecular complexity index is 1090. The quantitative estimate of drug-likeness (QED) is 0.439. The first-order chi connectivity index (χ1) is 14.3. The maximum absolute atomic E-state index is 13.9. The molecule has 3 aromatic carbocycles. The molecular formula is C22H17F3IN3O. The lowest BCUT2D eigenvalue weighted by molar-refractivity contribution is -0.198. The lowest BCUT2D eigenvalue weighted by atomic mass is 9.89. The summed E-state index contributed by atoms with van der Waals surface area (Å²) < 4.78 is 48.1. The molecule has 4 rings (SSSR count). The minimum atomic E-state index is -4.61. The highest BCUT2D eigenvalue weighted by molar-refractivity contribution is 14.1. The predicted octanol–water partition coefficient (Wildman–Crippen LogP) is 5.59. The van der Waals surface area contributed by atoms with Gasteiger partial charge in [0, 0.05) is 25.9 Å². The van der Waals surface area contributed by atoms with Gasteiger partial charge in [-0.2, -0.15) is 13.2 Å². The molecule has 0 fully saturated rings. The molecule has 0 saturated carbocycles. The van der Waals surface area contributed by atoms with Crippen LogP contribution in [0.15, 0.2) is 77.8 Å². The largest absolute Gasteiger partial charge is 0.476 e. The predicted molar refractivity (Wildman–Crippen MR) is 119 cm³/mol. The van der Waals surface area contributed by atoms with Gasteiger partial charge in [-0.3, -0.25) is 5.73 Å². The van der Waals surface area contributed by atoms with E-state index in [1.165, 1.54) is 24.5 Å². The van der Waals surface area contributed by atoms with E-state index in [2.05, 4.69) is 32.9 Å². The first-order valence-electron chi connectivity index (χ1n) is 9.06. The summed E-state index contributed by atoms with van der Waals surface area (Å²) in [6.07, 6.45) is -5.30. The summed E-state index contributed by atoms with van der Waals surface area (Å²) in [5.41, 5.74) is 7.02. The van der Waals surface area contributed by atoms with Crippen molar-refractivity contribution in [3.8, 4) is 5.75 Å². The number of hydrogen-bond donors (Lipinski definition) is 2. The Morgan fingerprint density at radius 1 is 0.967 bits per heavy atom. The number of nitrogens with two attached hydrogens (primary N) is 1. The SMILES string of the molecule is NC1(c2ccccc2OC(c2ccccc2)C(F)(F)F)N=CNc2ccc(I)cc21. The van der Waals surface area contributed by atoms with Gasteiger partial charge in [0.15, 0.2) is 5.66 Å². The number of rotatable bonds is 4. The number of halogens is 4. The molecule has 0 saturated heterocycles. The van der Waals surface area contributed by atoms with Gasteiger partial charge in [-0.05, 0) is 46.9 Å². The lowest BCUT2D eigenvalue weighted by Crippen LogP contribution is -2.40. The molecule has 1 aliphatic heterocycles. The minimum absolute atomic E-state index is 0.00892. The Hall–Kier alpha value is -2.59. The molecule has 1 aliphatic rings. The molecule has 0 aliphatic carbocycles. The first-order valence-corrected chi connectivity index (χ1v) is 10.1. The zero-order valence-electron chi connectivity index (χ0n) is 15.5. The van der Waals surface area contributed by atoms with E-state index in [1.807, 2.05) is 18.2 Å². The third kappa shape index (κ3) is 3.89. The van der Waals surface area contributed by atoms with Crippen LogP contribution < -0.4 is 15.8 Å². The van der Waals surface area contributed by atoms with E-state index in [9.17, 15) is 13.2 Å². The Labute approximate surface area is 185 Å². The molecule has 2 unspecified atom stereocenters. The second-order valence-electron chi connectivity index (χ2n) is 6.81. The summed E-state index contributed by atoms with van der Waals surface area (Å²) in [6.45, 7) is 0. The van der Waals surface area contributed by atoms with Gasteiger partial charge in [-0.15, -0.1) is 0 Å². The van der Waals surface area contributed by atoms with Crippen LogP contribution in [0, 0.1) is 3.57 Å². The van der Waals surface area contributed by atoms with Crippen LogP contribution in [0.1, 0.15) is 22.8 Å². The summed E-state index contributed by atoms with van der Waals surface area (Å²) in [7, 11) is 0. The molecule has 0 bridgehead atoms. The Morgan fingerprint density at radius 3 is 2.40 bits per heavy atom. The maximum Gasteiger partial charge on any atom is 0.429 e. The van der Waals surface area contributed by atoms with Gasteiger partial charge in [0.25, 0.3) is 0 Å². The molecule has 8 heteroatoms. The van der Waals surface area contributed by atoms with Crippen LogP contribution in [0.5, 0.6) is 5.75 Å². The molecule has 2 atom stereocenters. The van der Waals surface area contributed by atoms with Crippen LogP contribution in [0.3, 0.4) is 0 Å². The molecule has 0 amide bonds. The van der Waals surface area contributed by atoms with Crippen LogP contribution in [0.25, 0.3) is 0 Å². The number of hydrogen-bond acceptors (Lipinski definition) is 4. The molecule has 4 nitrogen and oxygen atoms in total. The van der Waals surface area contributed by atoms with Crippen molar-refractivity contribution in [2.45, 2.75) is 17.9 Å². The summed E-state index contributed by atoms with van der Waals surface area (Å²) >= 11 is 2.15. The van der Waals surface area contributed by atoms with E-state index in [1.54, 1.807) is 36.4 Å². The van der Waals surface area contributed by atoms with E-state index in [0.29, 0.717) is 11.1 Å². The van der Waals surface area contributed by atoms with Gasteiger partial charge in [0.05, 0.1) is 6.34 Å². The summed E-state index contributed by atoms with van der Waals surface area (Å²) in [5.74, 6) is 0.0232. The number of benzene rings is 3. The van der Waals surface area contributed by atoms with Crippen LogP contribution in [-0.4, -0.2) is 12.5 Å². The van der Waals surface area contributed by atoms with Crippen LogP contribution in [0.2, 0.25) is 0 Å². The Morgan fingerprint density at radius 2 is 1.67 bits per heavy atom. The monoisotopic (exact) mass is 523 g/mol. The number of ether oxygens (including phenoxy) is 1. The number of anilines is 1. The minimum Gasteiger partial charge on any atom is -0.476 e. The normalized spacial score (nSPS) is 19.0. The fourth-order valence-corrected chi connectivity index (χ4v) is 3.90. The maximum atomic E-state index is 13.9. The van der Waals surface area contributed by atoms with Crippen LogP contribution in [-0.2, 0) is 5.66 Å². The van der Waals surface area contributed by atoms with Gasteiger partial charge in [0.2, 0.25) is 6.10 Å². The standard InChI is InChI=1S/C22H17F3IN3O/c23-22(24,25)20(14-6-2-1-3-7-14)30-19-9-5-4-8-16(19)21(27)17-12-15(26)10-11-18(17)28-13-29-21/h1-13,20H,27H2,(H,28,29). The third-order valence-electron chi connectivity index (χ3n) is 4.82. The van der Waals surface area contributed by atoms with Crippen molar-refractivity contribution in [2.24, 2.45) is 10.7 Å². The summed E-state index contributed by atoms with van der Waals surface area (Å²) in [4.78, 5) is 4.39. The van der Waals surface area contributed by atoms with Gasteiger partial charge in [-0.1, -0.05) is 48.5 Å². The molecule has 30 heavy (non-hydrogen) atoms. The number of para-hydroxylation sites is 1. The summed E-state index contributed by atoms with van der Waals surface area (Å²) in [6, 6.07) is 19.6. The van der Waals surface area contributed by atoms with Gasteiger partial charge < -0.3 is 10.1 Å². The van der Waals surface area contributed by atoms with E-state index >= 15 is 0 Å². The van der Waals surface area contributed by atoms with Crippen molar-refractivity contribution < 1.29 is 17.9 Å². The molecular weight excluding hydrogens is 506 g/mol. The van der Waals surface area contributed by atoms with Crippen molar-refractivity contribution in [3.05, 3.63) is 93.1 Å². The lowest BCUT2D eigenvalue weighted by Gasteiger charge is -2.33. The molecule has 0 spiro atoms. The second-order valence-corrected chi connectivity index (χ2v) is 8.05. The fraction of sp³-hybridized carbons (Fsp3) is 0.136. The fourth-order valence-electron chi connectivity index (χ4n) is 3.41. The number of nitrogens with one attached hydrogen (secondary N) is 1. The van der Waals surface area contributed by atoms with E-state index in [4.69, 9.17) is 10.5 Å². The van der Waals surface area contributed by atoms with Crippen molar-refractivity contribution in [1.82, 2.24) is 0 Å². The van der Waals surface area contributed by atoms with E-state index in [0.717, 1.165) is 9.26 Å². The molecule has 1 heterocycles. The Balaban J connectivity index is 1.81. The number of nitrogens with zero attached hydrogens (tertiary/aromatic N) is 1. The van der Waals surface area contributed by atoms with Gasteiger partial charge >= 0.3 is 6.18 Å². The average molecular weight is 523 g/mol. The zero-order chi connectivity index (χ0) is 21.4. The molecule has 0 radical (unpaired) electrons. The van der Waals surface area contributed by atoms with Gasteiger partial charge in [-0.25, -0.2) is 4.99 Å². The highest BCUT2D eigenvalue weighted by Gasteiger charge is 2.44. The van der Waals surface area contributed by atoms with E-state index < -0.39 is 17.9 Å². The zero-order valence-corrected chi connectivity index (χ0v) is 17.7. The van der Waals surface area contributed by atoms with E-state index in [-0.39, 0.29) is 11.3 Å².